The molecule has 16 heavy (non-hydrogen) atoms. The summed E-state index contributed by atoms with van der Waals surface area (Å²) in [6, 6.07) is 12.0. The second-order valence-corrected chi connectivity index (χ2v) is 4.50. The van der Waals surface area contributed by atoms with Crippen molar-refractivity contribution < 1.29 is 0 Å². The van der Waals surface area contributed by atoms with E-state index in [4.69, 9.17) is 5.73 Å². The van der Waals surface area contributed by atoms with Crippen LogP contribution >= 0.6 is 11.8 Å². The fourth-order valence-corrected chi connectivity index (χ4v) is 2.16. The number of thioether (sulfide) groups is 1. The first kappa shape index (κ1) is 11.0. The molecule has 0 radical (unpaired) electrons. The van der Waals surface area contributed by atoms with Crippen molar-refractivity contribution >= 4 is 17.6 Å². The molecule has 0 aliphatic rings. The minimum Gasteiger partial charge on any atom is -0.384 e. The van der Waals surface area contributed by atoms with Crippen molar-refractivity contribution in [3.8, 4) is 0 Å². The molecule has 1 aromatic carbocycles. The van der Waals surface area contributed by atoms with Crippen molar-refractivity contribution in [2.45, 2.75) is 17.6 Å². The van der Waals surface area contributed by atoms with Crippen LogP contribution in [0.3, 0.4) is 0 Å². The minimum atomic E-state index is 0.538. The van der Waals surface area contributed by atoms with E-state index in [1.165, 1.54) is 4.90 Å². The second-order valence-electron chi connectivity index (χ2n) is 3.45. The van der Waals surface area contributed by atoms with Crippen LogP contribution in [0.25, 0.3) is 0 Å². The summed E-state index contributed by atoms with van der Waals surface area (Å²) < 4.78 is 0. The summed E-state index contributed by atoms with van der Waals surface area (Å²) >= 11 is 1.71. The van der Waals surface area contributed by atoms with E-state index in [9.17, 15) is 0 Å². The van der Waals surface area contributed by atoms with Crippen molar-refractivity contribution in [2.75, 3.05) is 5.73 Å². The number of benzene rings is 1. The monoisotopic (exact) mass is 231 g/mol. The lowest BCUT2D eigenvalue weighted by atomic mass is 10.4. The molecule has 0 aliphatic heterocycles. The highest BCUT2D eigenvalue weighted by molar-refractivity contribution is 7.98. The Hall–Kier alpha value is -1.55. The van der Waals surface area contributed by atoms with Gasteiger partial charge < -0.3 is 5.73 Å². The molecule has 3 nitrogen and oxygen atoms in total. The molecule has 1 heterocycles. The first-order valence-corrected chi connectivity index (χ1v) is 6.00. The Labute approximate surface area is 99.1 Å². The second kappa shape index (κ2) is 4.99. The maximum atomic E-state index is 5.67. The average molecular weight is 231 g/mol. The van der Waals surface area contributed by atoms with Crippen molar-refractivity contribution in [3.63, 3.8) is 0 Å². The normalized spacial score (nSPS) is 10.3. The van der Waals surface area contributed by atoms with Crippen LogP contribution in [0.15, 0.2) is 41.3 Å². The molecule has 2 N–H and O–H groups in total. The molecule has 0 saturated carbocycles. The molecule has 0 atom stereocenters. The quantitative estimate of drug-likeness (QED) is 0.825. The van der Waals surface area contributed by atoms with E-state index in [0.717, 1.165) is 17.3 Å². The van der Waals surface area contributed by atoms with Gasteiger partial charge in [-0.1, -0.05) is 18.2 Å². The Balaban J connectivity index is 2.05. The number of aryl methyl sites for hydroxylation is 1. The van der Waals surface area contributed by atoms with Gasteiger partial charge in [0.2, 0.25) is 0 Å². The first-order valence-electron chi connectivity index (χ1n) is 5.02. The molecular formula is C12H13N3S. The van der Waals surface area contributed by atoms with Gasteiger partial charge in [-0.05, 0) is 19.1 Å². The molecule has 4 heteroatoms. The van der Waals surface area contributed by atoms with Crippen molar-refractivity contribution in [1.29, 1.82) is 0 Å². The Morgan fingerprint density at radius 1 is 1.19 bits per heavy atom. The molecule has 0 bridgehead atoms. The van der Waals surface area contributed by atoms with Crippen LogP contribution in [0.2, 0.25) is 0 Å². The third kappa shape index (κ3) is 2.97. The van der Waals surface area contributed by atoms with Gasteiger partial charge in [-0.15, -0.1) is 11.8 Å². The Bertz CT molecular complexity index is 451. The predicted octanol–water partition coefficient (Wildman–Crippen LogP) is 2.66. The highest BCUT2D eigenvalue weighted by atomic mass is 32.2. The van der Waals surface area contributed by atoms with Crippen molar-refractivity contribution in [2.24, 2.45) is 0 Å². The number of hydrogen-bond acceptors (Lipinski definition) is 4. The Morgan fingerprint density at radius 3 is 2.62 bits per heavy atom. The third-order valence-corrected chi connectivity index (χ3v) is 3.04. The highest BCUT2D eigenvalue weighted by Gasteiger charge is 2.01. The molecule has 1 aromatic heterocycles. The average Bonchev–Trinajstić information content (AvgIpc) is 2.27. The van der Waals surface area contributed by atoms with Gasteiger partial charge >= 0.3 is 0 Å². The molecule has 0 unspecified atom stereocenters. The lowest BCUT2D eigenvalue weighted by Crippen LogP contribution is -1.99. The smallest absolute Gasteiger partial charge is 0.141 e. The van der Waals surface area contributed by atoms with E-state index in [1.54, 1.807) is 17.8 Å². The maximum absolute atomic E-state index is 5.67. The van der Waals surface area contributed by atoms with Gasteiger partial charge in [0.25, 0.3) is 0 Å². The lowest BCUT2D eigenvalue weighted by Gasteiger charge is -2.03. The molecular weight excluding hydrogens is 218 g/mol. The third-order valence-electron chi connectivity index (χ3n) is 2.03. The van der Waals surface area contributed by atoms with E-state index < -0.39 is 0 Å². The van der Waals surface area contributed by atoms with E-state index in [0.29, 0.717) is 5.82 Å². The summed E-state index contributed by atoms with van der Waals surface area (Å²) in [5.74, 6) is 2.07. The number of hydrogen-bond donors (Lipinski definition) is 1. The van der Waals surface area contributed by atoms with Gasteiger partial charge in [0, 0.05) is 16.7 Å². The topological polar surface area (TPSA) is 51.8 Å². The number of aromatic nitrogens is 2. The van der Waals surface area contributed by atoms with Crippen molar-refractivity contribution in [1.82, 2.24) is 9.97 Å². The molecule has 0 amide bonds. The van der Waals surface area contributed by atoms with Gasteiger partial charge in [-0.2, -0.15) is 0 Å². The summed E-state index contributed by atoms with van der Waals surface area (Å²) in [4.78, 5) is 9.75. The van der Waals surface area contributed by atoms with E-state index in [2.05, 4.69) is 22.1 Å². The lowest BCUT2D eigenvalue weighted by molar-refractivity contribution is 1.00. The molecule has 2 rings (SSSR count). The molecule has 0 saturated heterocycles. The van der Waals surface area contributed by atoms with Gasteiger partial charge in [-0.3, -0.25) is 0 Å². The van der Waals surface area contributed by atoms with Crippen LogP contribution in [0.5, 0.6) is 0 Å². The van der Waals surface area contributed by atoms with E-state index in [-0.39, 0.29) is 0 Å². The summed E-state index contributed by atoms with van der Waals surface area (Å²) in [6.45, 7) is 1.93. The Morgan fingerprint density at radius 2 is 1.94 bits per heavy atom. The summed E-state index contributed by atoms with van der Waals surface area (Å²) in [7, 11) is 0. The van der Waals surface area contributed by atoms with Crippen LogP contribution < -0.4 is 5.73 Å². The SMILES string of the molecule is Cc1cc(N)nc(CSc2ccccc2)n1. The minimum absolute atomic E-state index is 0.538. The fourth-order valence-electron chi connectivity index (χ4n) is 1.39. The number of nitrogen functional groups attached to an aromatic ring is 1. The zero-order chi connectivity index (χ0) is 11.4. The standard InChI is InChI=1S/C12H13N3S/c1-9-7-11(13)15-12(14-9)8-16-10-5-3-2-4-6-10/h2-7H,8H2,1H3,(H2,13,14,15). The number of nitrogens with two attached hydrogens (primary N) is 1. The van der Waals surface area contributed by atoms with E-state index in [1.807, 2.05) is 25.1 Å². The van der Waals surface area contributed by atoms with Crippen LogP contribution in [-0.4, -0.2) is 9.97 Å². The molecule has 0 aliphatic carbocycles. The van der Waals surface area contributed by atoms with Crippen LogP contribution in [0.1, 0.15) is 11.5 Å². The van der Waals surface area contributed by atoms with Gasteiger partial charge in [0.1, 0.15) is 11.6 Å². The fraction of sp³-hybridized carbons (Fsp3) is 0.167. The maximum Gasteiger partial charge on any atom is 0.141 e. The summed E-state index contributed by atoms with van der Waals surface area (Å²) in [6.07, 6.45) is 0. The zero-order valence-corrected chi connectivity index (χ0v) is 9.87. The Kier molecular flexibility index (Phi) is 3.41. The van der Waals surface area contributed by atoms with Crippen molar-refractivity contribution in [3.05, 3.63) is 47.9 Å². The molecule has 2 aromatic rings. The van der Waals surface area contributed by atoms with Gasteiger partial charge in [0.15, 0.2) is 0 Å². The first-order chi connectivity index (χ1) is 7.74. The number of anilines is 1. The highest BCUT2D eigenvalue weighted by Crippen LogP contribution is 2.20. The van der Waals surface area contributed by atoms with E-state index >= 15 is 0 Å². The summed E-state index contributed by atoms with van der Waals surface area (Å²) in [5, 5.41) is 0. The van der Waals surface area contributed by atoms with Gasteiger partial charge in [-0.25, -0.2) is 9.97 Å². The van der Waals surface area contributed by atoms with Crippen LogP contribution in [-0.2, 0) is 5.75 Å². The molecule has 0 fully saturated rings. The van der Waals surface area contributed by atoms with Gasteiger partial charge in [0.05, 0.1) is 5.75 Å². The zero-order valence-electron chi connectivity index (χ0n) is 9.05. The number of rotatable bonds is 3. The molecule has 0 spiro atoms. The molecule has 82 valence electrons. The van der Waals surface area contributed by atoms with Crippen LogP contribution in [0.4, 0.5) is 5.82 Å². The largest absolute Gasteiger partial charge is 0.384 e. The number of nitrogens with zero attached hydrogens (tertiary/aromatic N) is 2. The summed E-state index contributed by atoms with van der Waals surface area (Å²) in [5.41, 5.74) is 6.58. The predicted molar refractivity (Wildman–Crippen MR) is 67.2 cm³/mol. The van der Waals surface area contributed by atoms with Crippen LogP contribution in [0, 0.1) is 6.92 Å².